The predicted molar refractivity (Wildman–Crippen MR) is 53.0 cm³/mol. The van der Waals surface area contributed by atoms with E-state index in [1.807, 2.05) is 6.92 Å². The van der Waals surface area contributed by atoms with Crippen molar-refractivity contribution in [2.24, 2.45) is 5.92 Å². The second-order valence-corrected chi connectivity index (χ2v) is 3.89. The van der Waals surface area contributed by atoms with E-state index in [0.717, 1.165) is 17.7 Å². The fraction of sp³-hybridized carbons (Fsp3) is 0.545. The van der Waals surface area contributed by atoms with Crippen molar-refractivity contribution in [3.63, 3.8) is 0 Å². The Morgan fingerprint density at radius 1 is 1.38 bits per heavy atom. The molecule has 2 nitrogen and oxygen atoms in total. The predicted octanol–water partition coefficient (Wildman–Crippen LogP) is 2.46. The van der Waals surface area contributed by atoms with Crippen molar-refractivity contribution < 1.29 is 4.42 Å². The number of hydrogen-bond donors (Lipinski definition) is 0. The molecule has 0 amide bonds. The molecule has 0 fully saturated rings. The molecule has 0 atom stereocenters. The molecule has 0 unspecified atom stereocenters. The molecule has 13 heavy (non-hydrogen) atoms. The monoisotopic (exact) mass is 180 g/mol. The highest BCUT2D eigenvalue weighted by Gasteiger charge is 2.08. The molecule has 0 aliphatic heterocycles. The minimum Gasteiger partial charge on any atom is -0.469 e. The Morgan fingerprint density at radius 3 is 2.54 bits per heavy atom. The molecule has 0 spiro atoms. The molecule has 0 N–H and O–H groups in total. The maximum atomic E-state index is 11.5. The Balaban J connectivity index is 3.11. The fourth-order valence-corrected chi connectivity index (χ4v) is 1.30. The Hall–Kier alpha value is -1.05. The fourth-order valence-electron chi connectivity index (χ4n) is 1.30. The molecule has 0 radical (unpaired) electrons. The highest BCUT2D eigenvalue weighted by Crippen LogP contribution is 2.10. The third kappa shape index (κ3) is 2.20. The molecule has 1 aromatic heterocycles. The Morgan fingerprint density at radius 2 is 2.00 bits per heavy atom. The van der Waals surface area contributed by atoms with Gasteiger partial charge in [-0.3, -0.25) is 4.79 Å². The normalized spacial score (nSPS) is 10.8. The van der Waals surface area contributed by atoms with E-state index in [2.05, 4.69) is 13.8 Å². The Kier molecular flexibility index (Phi) is 2.91. The van der Waals surface area contributed by atoms with E-state index in [4.69, 9.17) is 4.42 Å². The summed E-state index contributed by atoms with van der Waals surface area (Å²) in [4.78, 5) is 11.5. The summed E-state index contributed by atoms with van der Waals surface area (Å²) >= 11 is 0. The van der Waals surface area contributed by atoms with E-state index in [1.165, 1.54) is 0 Å². The van der Waals surface area contributed by atoms with Crippen LogP contribution in [0.15, 0.2) is 15.5 Å². The average molecular weight is 180 g/mol. The van der Waals surface area contributed by atoms with E-state index in [-0.39, 0.29) is 5.43 Å². The van der Waals surface area contributed by atoms with Crippen LogP contribution in [0.25, 0.3) is 0 Å². The van der Waals surface area contributed by atoms with Gasteiger partial charge in [-0.2, -0.15) is 0 Å². The van der Waals surface area contributed by atoms with Gasteiger partial charge in [0.25, 0.3) is 0 Å². The molecule has 1 aromatic rings. The van der Waals surface area contributed by atoms with Gasteiger partial charge in [-0.1, -0.05) is 13.8 Å². The highest BCUT2D eigenvalue weighted by molar-refractivity contribution is 5.20. The van der Waals surface area contributed by atoms with E-state index >= 15 is 0 Å². The molecule has 2 heteroatoms. The third-order valence-corrected chi connectivity index (χ3v) is 2.09. The van der Waals surface area contributed by atoms with Crippen molar-refractivity contribution in [1.82, 2.24) is 0 Å². The first-order valence-corrected chi connectivity index (χ1v) is 4.60. The van der Waals surface area contributed by atoms with Crippen LogP contribution in [-0.2, 0) is 6.42 Å². The van der Waals surface area contributed by atoms with Gasteiger partial charge in [-0.25, -0.2) is 0 Å². The summed E-state index contributed by atoms with van der Waals surface area (Å²) < 4.78 is 5.38. The summed E-state index contributed by atoms with van der Waals surface area (Å²) in [6.45, 7) is 7.83. The summed E-state index contributed by atoms with van der Waals surface area (Å²) in [5, 5.41) is 0. The van der Waals surface area contributed by atoms with Crippen molar-refractivity contribution >= 4 is 0 Å². The quantitative estimate of drug-likeness (QED) is 0.699. The zero-order valence-corrected chi connectivity index (χ0v) is 8.68. The van der Waals surface area contributed by atoms with Gasteiger partial charge in [0, 0.05) is 17.5 Å². The summed E-state index contributed by atoms with van der Waals surface area (Å²) in [6, 6.07) is 0. The van der Waals surface area contributed by atoms with Crippen LogP contribution in [0.5, 0.6) is 0 Å². The number of rotatable bonds is 2. The van der Waals surface area contributed by atoms with E-state index in [0.29, 0.717) is 11.5 Å². The van der Waals surface area contributed by atoms with Gasteiger partial charge in [0.15, 0.2) is 5.43 Å². The molecule has 0 saturated carbocycles. The van der Waals surface area contributed by atoms with Gasteiger partial charge in [0.2, 0.25) is 0 Å². The lowest BCUT2D eigenvalue weighted by Crippen LogP contribution is -2.12. The SMILES string of the molecule is Cc1coc(CC(C)C)c(C)c1=O. The summed E-state index contributed by atoms with van der Waals surface area (Å²) in [6.07, 6.45) is 2.38. The minimum absolute atomic E-state index is 0.113. The van der Waals surface area contributed by atoms with Crippen LogP contribution >= 0.6 is 0 Å². The first-order chi connectivity index (χ1) is 6.02. The van der Waals surface area contributed by atoms with Gasteiger partial charge in [0.1, 0.15) is 5.76 Å². The summed E-state index contributed by atoms with van der Waals surface area (Å²) in [7, 11) is 0. The van der Waals surface area contributed by atoms with Crippen molar-refractivity contribution in [3.8, 4) is 0 Å². The molecule has 0 aliphatic rings. The average Bonchev–Trinajstić information content (AvgIpc) is 2.06. The lowest BCUT2D eigenvalue weighted by Gasteiger charge is -2.06. The smallest absolute Gasteiger partial charge is 0.190 e. The van der Waals surface area contributed by atoms with Crippen LogP contribution in [0.4, 0.5) is 0 Å². The maximum Gasteiger partial charge on any atom is 0.190 e. The Bertz CT molecular complexity index is 348. The lowest BCUT2D eigenvalue weighted by molar-refractivity contribution is 0.449. The van der Waals surface area contributed by atoms with Crippen LogP contribution in [0.2, 0.25) is 0 Å². The molecule has 1 heterocycles. The molecular weight excluding hydrogens is 164 g/mol. The van der Waals surface area contributed by atoms with Crippen molar-refractivity contribution in [1.29, 1.82) is 0 Å². The lowest BCUT2D eigenvalue weighted by atomic mass is 10.0. The second kappa shape index (κ2) is 3.77. The first-order valence-electron chi connectivity index (χ1n) is 4.60. The van der Waals surface area contributed by atoms with Crippen LogP contribution in [0.1, 0.15) is 30.7 Å². The molecule has 1 rings (SSSR count). The standard InChI is InChI=1S/C11H16O2/c1-7(2)5-10-9(4)11(12)8(3)6-13-10/h6-7H,5H2,1-4H3. The largest absolute Gasteiger partial charge is 0.469 e. The zero-order chi connectivity index (χ0) is 10.0. The van der Waals surface area contributed by atoms with E-state index in [9.17, 15) is 4.79 Å². The van der Waals surface area contributed by atoms with Crippen LogP contribution in [0, 0.1) is 19.8 Å². The van der Waals surface area contributed by atoms with Crippen LogP contribution in [-0.4, -0.2) is 0 Å². The van der Waals surface area contributed by atoms with Crippen molar-refractivity contribution in [2.45, 2.75) is 34.1 Å². The van der Waals surface area contributed by atoms with Crippen molar-refractivity contribution in [3.05, 3.63) is 33.4 Å². The van der Waals surface area contributed by atoms with Crippen LogP contribution in [0.3, 0.4) is 0 Å². The first kappa shape index (κ1) is 10.0. The molecule has 0 aliphatic carbocycles. The molecule has 0 saturated heterocycles. The maximum absolute atomic E-state index is 11.5. The van der Waals surface area contributed by atoms with Gasteiger partial charge in [-0.15, -0.1) is 0 Å². The molecule has 0 bridgehead atoms. The number of aryl methyl sites for hydroxylation is 1. The topological polar surface area (TPSA) is 30.2 Å². The second-order valence-electron chi connectivity index (χ2n) is 3.89. The van der Waals surface area contributed by atoms with E-state index < -0.39 is 0 Å². The van der Waals surface area contributed by atoms with Gasteiger partial charge >= 0.3 is 0 Å². The molecule has 0 aromatic carbocycles. The molecular formula is C11H16O2. The van der Waals surface area contributed by atoms with Gasteiger partial charge in [0.05, 0.1) is 6.26 Å². The molecule has 72 valence electrons. The Labute approximate surface area is 78.6 Å². The van der Waals surface area contributed by atoms with Gasteiger partial charge < -0.3 is 4.42 Å². The van der Waals surface area contributed by atoms with Crippen molar-refractivity contribution in [2.75, 3.05) is 0 Å². The van der Waals surface area contributed by atoms with Gasteiger partial charge in [-0.05, 0) is 19.8 Å². The minimum atomic E-state index is 0.113. The summed E-state index contributed by atoms with van der Waals surface area (Å²) in [5.41, 5.74) is 1.56. The zero-order valence-electron chi connectivity index (χ0n) is 8.68. The van der Waals surface area contributed by atoms with E-state index in [1.54, 1.807) is 13.2 Å². The van der Waals surface area contributed by atoms with Crippen LogP contribution < -0.4 is 5.43 Å². The number of hydrogen-bond acceptors (Lipinski definition) is 2. The highest BCUT2D eigenvalue weighted by atomic mass is 16.3. The summed E-state index contributed by atoms with van der Waals surface area (Å²) in [5.74, 6) is 1.34. The third-order valence-electron chi connectivity index (χ3n) is 2.09.